The van der Waals surface area contributed by atoms with Crippen molar-refractivity contribution in [2.24, 2.45) is 11.8 Å². The molecular weight excluding hydrogens is 260 g/mol. The molecule has 1 saturated carbocycles. The van der Waals surface area contributed by atoms with E-state index in [1.54, 1.807) is 0 Å². The molecule has 0 N–H and O–H groups in total. The van der Waals surface area contributed by atoms with E-state index in [1.165, 1.54) is 18.5 Å². The standard InChI is InChI=1S/C18H24N2O/c1-13(14-5-3-2-4-6-14)20-10-9-16-11-19(12-17(16)20)18(21)15-7-8-15/h2-6,13,15-17H,7-12H2,1H3/t13-,16-,17+/m1/s1. The fraction of sp³-hybridized carbons (Fsp3) is 0.611. The second-order valence-electron chi connectivity index (χ2n) is 6.96. The van der Waals surface area contributed by atoms with Gasteiger partial charge in [-0.1, -0.05) is 30.3 Å². The van der Waals surface area contributed by atoms with Gasteiger partial charge in [-0.2, -0.15) is 0 Å². The van der Waals surface area contributed by atoms with Crippen LogP contribution >= 0.6 is 0 Å². The summed E-state index contributed by atoms with van der Waals surface area (Å²) in [7, 11) is 0. The van der Waals surface area contributed by atoms with Crippen LogP contribution in [0.2, 0.25) is 0 Å². The summed E-state index contributed by atoms with van der Waals surface area (Å²) in [5.41, 5.74) is 1.39. The summed E-state index contributed by atoms with van der Waals surface area (Å²) >= 11 is 0. The van der Waals surface area contributed by atoms with Crippen molar-refractivity contribution in [3.63, 3.8) is 0 Å². The Kier molecular flexibility index (Phi) is 3.26. The fourth-order valence-corrected chi connectivity index (χ4v) is 4.17. The van der Waals surface area contributed by atoms with E-state index in [-0.39, 0.29) is 0 Å². The van der Waals surface area contributed by atoms with Crippen LogP contribution in [0.15, 0.2) is 30.3 Å². The Balaban J connectivity index is 1.47. The summed E-state index contributed by atoms with van der Waals surface area (Å²) in [4.78, 5) is 17.1. The topological polar surface area (TPSA) is 23.6 Å². The molecule has 0 bridgehead atoms. The number of nitrogens with zero attached hydrogens (tertiary/aromatic N) is 2. The van der Waals surface area contributed by atoms with E-state index in [0.29, 0.717) is 29.8 Å². The van der Waals surface area contributed by atoms with Crippen LogP contribution in [0.3, 0.4) is 0 Å². The fourth-order valence-electron chi connectivity index (χ4n) is 4.17. The summed E-state index contributed by atoms with van der Waals surface area (Å²) in [6.07, 6.45) is 3.49. The van der Waals surface area contributed by atoms with Crippen LogP contribution in [0.25, 0.3) is 0 Å². The quantitative estimate of drug-likeness (QED) is 0.852. The molecule has 4 rings (SSSR count). The highest BCUT2D eigenvalue weighted by molar-refractivity contribution is 5.81. The van der Waals surface area contributed by atoms with E-state index in [1.807, 2.05) is 0 Å². The number of hydrogen-bond acceptors (Lipinski definition) is 2. The van der Waals surface area contributed by atoms with Gasteiger partial charge in [0.15, 0.2) is 0 Å². The van der Waals surface area contributed by atoms with Gasteiger partial charge >= 0.3 is 0 Å². The molecule has 1 aliphatic carbocycles. The normalized spacial score (nSPS) is 30.4. The zero-order valence-electron chi connectivity index (χ0n) is 12.7. The number of rotatable bonds is 3. The minimum atomic E-state index is 0.365. The Morgan fingerprint density at radius 3 is 2.62 bits per heavy atom. The van der Waals surface area contributed by atoms with E-state index >= 15 is 0 Å². The largest absolute Gasteiger partial charge is 0.341 e. The van der Waals surface area contributed by atoms with Crippen molar-refractivity contribution in [1.29, 1.82) is 0 Å². The second kappa shape index (κ2) is 5.13. The molecule has 2 aliphatic heterocycles. The molecule has 2 heterocycles. The van der Waals surface area contributed by atoms with E-state index in [9.17, 15) is 4.79 Å². The molecule has 0 spiro atoms. The number of carbonyl (C=O) groups excluding carboxylic acids is 1. The summed E-state index contributed by atoms with van der Waals surface area (Å²) in [5, 5.41) is 0. The lowest BCUT2D eigenvalue weighted by Crippen LogP contribution is -2.38. The molecule has 112 valence electrons. The molecule has 0 unspecified atom stereocenters. The lowest BCUT2D eigenvalue weighted by atomic mass is 10.0. The Bertz CT molecular complexity index is 525. The number of amides is 1. The smallest absolute Gasteiger partial charge is 0.225 e. The maximum Gasteiger partial charge on any atom is 0.225 e. The van der Waals surface area contributed by atoms with Gasteiger partial charge in [0.2, 0.25) is 5.91 Å². The summed E-state index contributed by atoms with van der Waals surface area (Å²) in [5.74, 6) is 1.49. The maximum absolute atomic E-state index is 12.3. The van der Waals surface area contributed by atoms with Gasteiger partial charge in [-0.3, -0.25) is 9.69 Å². The van der Waals surface area contributed by atoms with E-state index in [2.05, 4.69) is 47.1 Å². The van der Waals surface area contributed by atoms with Gasteiger partial charge in [0, 0.05) is 31.1 Å². The van der Waals surface area contributed by atoms with Crippen molar-refractivity contribution in [1.82, 2.24) is 9.80 Å². The third kappa shape index (κ3) is 2.38. The molecule has 3 fully saturated rings. The zero-order valence-corrected chi connectivity index (χ0v) is 12.7. The average molecular weight is 284 g/mol. The molecule has 1 amide bonds. The van der Waals surface area contributed by atoms with Crippen LogP contribution in [0.1, 0.15) is 37.8 Å². The number of fused-ring (bicyclic) bond motifs is 1. The predicted molar refractivity (Wildman–Crippen MR) is 82.8 cm³/mol. The first-order valence-corrected chi connectivity index (χ1v) is 8.33. The number of carbonyl (C=O) groups is 1. The van der Waals surface area contributed by atoms with Gasteiger partial charge in [-0.25, -0.2) is 0 Å². The van der Waals surface area contributed by atoms with Gasteiger partial charge < -0.3 is 4.90 Å². The van der Waals surface area contributed by atoms with E-state index < -0.39 is 0 Å². The number of likely N-dealkylation sites (tertiary alicyclic amines) is 2. The molecule has 0 radical (unpaired) electrons. The Hall–Kier alpha value is -1.35. The van der Waals surface area contributed by atoms with Crippen molar-refractivity contribution in [2.75, 3.05) is 19.6 Å². The highest BCUT2D eigenvalue weighted by atomic mass is 16.2. The van der Waals surface area contributed by atoms with Gasteiger partial charge in [0.05, 0.1) is 0 Å². The average Bonchev–Trinajstić information content (AvgIpc) is 3.16. The van der Waals surface area contributed by atoms with Gasteiger partial charge in [0.1, 0.15) is 0 Å². The van der Waals surface area contributed by atoms with Crippen LogP contribution in [0, 0.1) is 11.8 Å². The molecule has 1 aromatic carbocycles. The Morgan fingerprint density at radius 1 is 1.14 bits per heavy atom. The Morgan fingerprint density at radius 2 is 1.90 bits per heavy atom. The van der Waals surface area contributed by atoms with Gasteiger partial charge in [0.25, 0.3) is 0 Å². The number of hydrogen-bond donors (Lipinski definition) is 0. The van der Waals surface area contributed by atoms with Gasteiger partial charge in [-0.15, -0.1) is 0 Å². The molecule has 1 aromatic rings. The summed E-state index contributed by atoms with van der Waals surface area (Å²) < 4.78 is 0. The van der Waals surface area contributed by atoms with Crippen molar-refractivity contribution in [3.05, 3.63) is 35.9 Å². The van der Waals surface area contributed by atoms with Crippen molar-refractivity contribution < 1.29 is 4.79 Å². The summed E-state index contributed by atoms with van der Waals surface area (Å²) in [6.45, 7) is 5.44. The van der Waals surface area contributed by atoms with E-state index in [4.69, 9.17) is 0 Å². The minimum absolute atomic E-state index is 0.365. The molecule has 3 aliphatic rings. The molecule has 0 aromatic heterocycles. The van der Waals surface area contributed by atoms with Crippen LogP contribution in [0.5, 0.6) is 0 Å². The first-order chi connectivity index (χ1) is 10.2. The Labute approximate surface area is 126 Å². The van der Waals surface area contributed by atoms with Crippen LogP contribution in [-0.4, -0.2) is 41.4 Å². The number of benzene rings is 1. The second-order valence-corrected chi connectivity index (χ2v) is 6.96. The predicted octanol–water partition coefficient (Wildman–Crippen LogP) is 2.69. The molecular formula is C18H24N2O. The van der Waals surface area contributed by atoms with Crippen molar-refractivity contribution in [3.8, 4) is 0 Å². The lowest BCUT2D eigenvalue weighted by Gasteiger charge is -2.31. The molecule has 3 atom stereocenters. The first-order valence-electron chi connectivity index (χ1n) is 8.33. The molecule has 2 saturated heterocycles. The van der Waals surface area contributed by atoms with Crippen LogP contribution in [0.4, 0.5) is 0 Å². The lowest BCUT2D eigenvalue weighted by molar-refractivity contribution is -0.131. The summed E-state index contributed by atoms with van der Waals surface area (Å²) in [6, 6.07) is 11.8. The van der Waals surface area contributed by atoms with Crippen LogP contribution in [-0.2, 0) is 4.79 Å². The van der Waals surface area contributed by atoms with Gasteiger partial charge in [-0.05, 0) is 44.2 Å². The third-order valence-electron chi connectivity index (χ3n) is 5.61. The van der Waals surface area contributed by atoms with Crippen molar-refractivity contribution >= 4 is 5.91 Å². The molecule has 3 nitrogen and oxygen atoms in total. The highest BCUT2D eigenvalue weighted by Gasteiger charge is 2.46. The molecule has 3 heteroatoms. The van der Waals surface area contributed by atoms with Crippen molar-refractivity contribution in [2.45, 2.75) is 38.3 Å². The monoisotopic (exact) mass is 284 g/mol. The first kappa shape index (κ1) is 13.3. The third-order valence-corrected chi connectivity index (χ3v) is 5.61. The SMILES string of the molecule is C[C@H](c1ccccc1)N1CC[C@@H]2CN(C(=O)C3CC3)C[C@@H]21. The zero-order chi connectivity index (χ0) is 14.4. The van der Waals surface area contributed by atoms with Crippen LogP contribution < -0.4 is 0 Å². The molecule has 21 heavy (non-hydrogen) atoms. The maximum atomic E-state index is 12.3. The highest BCUT2D eigenvalue weighted by Crippen LogP contribution is 2.39. The van der Waals surface area contributed by atoms with E-state index in [0.717, 1.165) is 25.9 Å². The minimum Gasteiger partial charge on any atom is -0.341 e.